The van der Waals surface area contributed by atoms with Crippen molar-refractivity contribution in [2.24, 2.45) is 0 Å². The zero-order chi connectivity index (χ0) is 6.73. The Kier molecular flexibility index (Phi) is 3.17. The lowest BCUT2D eigenvalue weighted by Crippen LogP contribution is -2.21. The van der Waals surface area contributed by atoms with E-state index in [1.807, 2.05) is 0 Å². The highest BCUT2D eigenvalue weighted by molar-refractivity contribution is 6.36. The van der Waals surface area contributed by atoms with E-state index in [2.05, 4.69) is 0 Å². The van der Waals surface area contributed by atoms with Gasteiger partial charge in [-0.2, -0.15) is 0 Å². The van der Waals surface area contributed by atoms with E-state index >= 15 is 0 Å². The first-order valence-electron chi connectivity index (χ1n) is 2.06. The van der Waals surface area contributed by atoms with Crippen molar-refractivity contribution in [1.82, 2.24) is 0 Å². The predicted molar refractivity (Wildman–Crippen MR) is 32.6 cm³/mol. The van der Waals surface area contributed by atoms with Crippen molar-refractivity contribution in [3.05, 3.63) is 0 Å². The van der Waals surface area contributed by atoms with Crippen LogP contribution in [0.25, 0.3) is 0 Å². The first-order valence-corrected chi connectivity index (χ1v) is 2.94. The maximum absolute atomic E-state index is 9.92. The van der Waals surface area contributed by atoms with Gasteiger partial charge in [0, 0.05) is 0 Å². The zero-order valence-corrected chi connectivity index (χ0v) is 5.78. The second-order valence-electron chi connectivity index (χ2n) is 1.42. The van der Waals surface area contributed by atoms with Gasteiger partial charge in [-0.15, -0.1) is 23.2 Å². The molecule has 0 spiro atoms. The van der Waals surface area contributed by atoms with E-state index in [1.165, 1.54) is 6.92 Å². The number of carboxylic acids is 1. The molecule has 48 valence electrons. The Morgan fingerprint density at radius 3 is 2.00 bits per heavy atom. The Balaban J connectivity index is 3.64. The molecule has 0 bridgehead atoms. The number of carbonyl (C=O) groups is 1. The van der Waals surface area contributed by atoms with Gasteiger partial charge in [0.1, 0.15) is 5.38 Å². The van der Waals surface area contributed by atoms with Crippen LogP contribution in [-0.2, 0) is 4.79 Å². The lowest BCUT2D eigenvalue weighted by molar-refractivity contribution is -0.136. The van der Waals surface area contributed by atoms with E-state index in [1.54, 1.807) is 0 Å². The Morgan fingerprint density at radius 2 is 2.00 bits per heavy atom. The topological polar surface area (TPSA) is 37.3 Å². The Labute approximate surface area is 57.4 Å². The van der Waals surface area contributed by atoms with Crippen LogP contribution in [0.15, 0.2) is 0 Å². The Morgan fingerprint density at radius 1 is 1.62 bits per heavy atom. The van der Waals surface area contributed by atoms with Gasteiger partial charge in [0.05, 0.1) is 5.38 Å². The molecule has 0 aromatic carbocycles. The summed E-state index contributed by atoms with van der Waals surface area (Å²) in [5.41, 5.74) is 0. The lowest BCUT2D eigenvalue weighted by atomic mass is 10.3. The first kappa shape index (κ1) is 8.05. The molecule has 0 aliphatic heterocycles. The number of hydrogen-bond donors (Lipinski definition) is 1. The molecule has 0 amide bonds. The lowest BCUT2D eigenvalue weighted by Gasteiger charge is -2.03. The van der Waals surface area contributed by atoms with Crippen molar-refractivity contribution in [3.8, 4) is 0 Å². The van der Waals surface area contributed by atoms with Crippen molar-refractivity contribution < 1.29 is 9.90 Å². The SMILES string of the molecule is C[C@H](Cl)[C@@H](Cl)C(=O)O. The molecular weight excluding hydrogens is 151 g/mol. The molecule has 0 aliphatic rings. The maximum Gasteiger partial charge on any atom is 0.323 e. The third kappa shape index (κ3) is 2.38. The average molecular weight is 157 g/mol. The van der Waals surface area contributed by atoms with Crippen LogP contribution in [0.1, 0.15) is 6.92 Å². The minimum Gasteiger partial charge on any atom is -0.480 e. The van der Waals surface area contributed by atoms with Crippen molar-refractivity contribution in [1.29, 1.82) is 0 Å². The third-order valence-electron chi connectivity index (χ3n) is 0.639. The van der Waals surface area contributed by atoms with E-state index in [9.17, 15) is 4.79 Å². The van der Waals surface area contributed by atoms with Crippen LogP contribution in [-0.4, -0.2) is 21.8 Å². The number of carboxylic acid groups (broad SMARTS) is 1. The van der Waals surface area contributed by atoms with Gasteiger partial charge in [-0.3, -0.25) is 4.79 Å². The molecule has 0 aliphatic carbocycles. The second-order valence-corrected chi connectivity index (χ2v) is 2.58. The summed E-state index contributed by atoms with van der Waals surface area (Å²) in [5.74, 6) is -1.07. The monoisotopic (exact) mass is 156 g/mol. The summed E-state index contributed by atoms with van der Waals surface area (Å²) in [7, 11) is 0. The van der Waals surface area contributed by atoms with Crippen molar-refractivity contribution in [2.75, 3.05) is 0 Å². The van der Waals surface area contributed by atoms with E-state index in [4.69, 9.17) is 28.3 Å². The molecule has 0 aromatic rings. The third-order valence-corrected chi connectivity index (χ3v) is 1.58. The van der Waals surface area contributed by atoms with Crippen molar-refractivity contribution >= 4 is 29.2 Å². The van der Waals surface area contributed by atoms with Gasteiger partial charge in [-0.05, 0) is 6.92 Å². The molecule has 0 radical (unpaired) electrons. The van der Waals surface area contributed by atoms with Gasteiger partial charge in [-0.1, -0.05) is 0 Å². The van der Waals surface area contributed by atoms with Crippen LogP contribution in [0.4, 0.5) is 0 Å². The molecule has 0 saturated carbocycles. The average Bonchev–Trinajstić information content (AvgIpc) is 1.64. The molecule has 2 nitrogen and oxygen atoms in total. The maximum atomic E-state index is 9.92. The van der Waals surface area contributed by atoms with Crippen molar-refractivity contribution in [3.63, 3.8) is 0 Å². The summed E-state index contributed by atoms with van der Waals surface area (Å²) in [6.45, 7) is 1.54. The van der Waals surface area contributed by atoms with Crippen LogP contribution < -0.4 is 0 Å². The number of aliphatic carboxylic acids is 1. The van der Waals surface area contributed by atoms with Crippen LogP contribution in [0.3, 0.4) is 0 Å². The van der Waals surface area contributed by atoms with Crippen LogP contribution in [0.5, 0.6) is 0 Å². The molecule has 8 heavy (non-hydrogen) atoms. The normalized spacial score (nSPS) is 17.4. The summed E-state index contributed by atoms with van der Waals surface area (Å²) in [6.07, 6.45) is 0. The molecule has 0 unspecified atom stereocenters. The quantitative estimate of drug-likeness (QED) is 0.613. The summed E-state index contributed by atoms with van der Waals surface area (Å²) < 4.78 is 0. The molecule has 4 heteroatoms. The number of rotatable bonds is 2. The van der Waals surface area contributed by atoms with Gasteiger partial charge >= 0.3 is 5.97 Å². The largest absolute Gasteiger partial charge is 0.480 e. The van der Waals surface area contributed by atoms with Crippen LogP contribution >= 0.6 is 23.2 Å². The molecular formula is C4H6Cl2O2. The number of alkyl halides is 2. The molecule has 0 aromatic heterocycles. The smallest absolute Gasteiger partial charge is 0.323 e. The summed E-state index contributed by atoms with van der Waals surface area (Å²) in [6, 6.07) is 0. The fourth-order valence-electron chi connectivity index (χ4n) is 0.196. The number of halogens is 2. The van der Waals surface area contributed by atoms with E-state index in [0.717, 1.165) is 0 Å². The highest BCUT2D eigenvalue weighted by atomic mass is 35.5. The minimum atomic E-state index is -1.07. The Hall–Kier alpha value is 0.0500. The van der Waals surface area contributed by atoms with Gasteiger partial charge in [0.25, 0.3) is 0 Å². The first-order chi connectivity index (χ1) is 3.55. The zero-order valence-electron chi connectivity index (χ0n) is 4.27. The standard InChI is InChI=1S/C4H6Cl2O2/c1-2(5)3(6)4(7)8/h2-3H,1H3,(H,7,8)/t2-,3+/m0/s1. The molecule has 0 heterocycles. The van der Waals surface area contributed by atoms with Gasteiger partial charge in [0.15, 0.2) is 0 Å². The molecule has 1 N–H and O–H groups in total. The van der Waals surface area contributed by atoms with Gasteiger partial charge in [-0.25, -0.2) is 0 Å². The fourth-order valence-corrected chi connectivity index (χ4v) is 0.304. The van der Waals surface area contributed by atoms with Crippen LogP contribution in [0, 0.1) is 0 Å². The van der Waals surface area contributed by atoms with E-state index in [0.29, 0.717) is 0 Å². The summed E-state index contributed by atoms with van der Waals surface area (Å²) in [5, 5.41) is 6.64. The van der Waals surface area contributed by atoms with Gasteiger partial charge < -0.3 is 5.11 Å². The van der Waals surface area contributed by atoms with Crippen molar-refractivity contribution in [2.45, 2.75) is 17.7 Å². The second kappa shape index (κ2) is 3.15. The fraction of sp³-hybridized carbons (Fsp3) is 0.750. The molecule has 0 fully saturated rings. The van der Waals surface area contributed by atoms with Crippen LogP contribution in [0.2, 0.25) is 0 Å². The van der Waals surface area contributed by atoms with E-state index < -0.39 is 16.7 Å². The molecule has 2 atom stereocenters. The minimum absolute atomic E-state index is 0.519. The predicted octanol–water partition coefficient (Wildman–Crippen LogP) is 1.31. The number of hydrogen-bond acceptors (Lipinski definition) is 1. The van der Waals surface area contributed by atoms with Gasteiger partial charge in [0.2, 0.25) is 0 Å². The highest BCUT2D eigenvalue weighted by Crippen LogP contribution is 2.08. The highest BCUT2D eigenvalue weighted by Gasteiger charge is 2.18. The summed E-state index contributed by atoms with van der Waals surface area (Å²) in [4.78, 5) is 9.92. The molecule has 0 saturated heterocycles. The molecule has 0 rings (SSSR count). The summed E-state index contributed by atoms with van der Waals surface area (Å²) >= 11 is 10.5. The van der Waals surface area contributed by atoms with E-state index in [-0.39, 0.29) is 0 Å². The Bertz CT molecular complexity index is 92.0.